The first kappa shape index (κ1) is 24.6. The van der Waals surface area contributed by atoms with Crippen LogP contribution in [0.5, 0.6) is 0 Å². The second kappa shape index (κ2) is 10.1. The zero-order chi connectivity index (χ0) is 25.4. The molecular weight excluding hydrogens is 480 g/mol. The van der Waals surface area contributed by atoms with E-state index in [-0.39, 0.29) is 29.5 Å². The van der Waals surface area contributed by atoms with Gasteiger partial charge in [-0.2, -0.15) is 4.98 Å². The van der Waals surface area contributed by atoms with Crippen molar-refractivity contribution in [1.82, 2.24) is 19.8 Å². The summed E-state index contributed by atoms with van der Waals surface area (Å²) in [4.78, 5) is 39.9. The van der Waals surface area contributed by atoms with Gasteiger partial charge in [-0.1, -0.05) is 37.1 Å². The maximum Gasteiger partial charge on any atom is 0.288 e. The predicted octanol–water partition coefficient (Wildman–Crippen LogP) is 3.21. The van der Waals surface area contributed by atoms with Gasteiger partial charge < -0.3 is 24.8 Å². The summed E-state index contributed by atoms with van der Waals surface area (Å²) in [5.74, 6) is 1.79. The van der Waals surface area contributed by atoms with Crippen LogP contribution in [0.4, 0.5) is 11.8 Å². The predicted molar refractivity (Wildman–Crippen MR) is 138 cm³/mol. The topological polar surface area (TPSA) is 90.9 Å². The Balaban J connectivity index is 1.32. The Morgan fingerprint density at radius 3 is 2.61 bits per heavy atom. The van der Waals surface area contributed by atoms with Gasteiger partial charge in [-0.3, -0.25) is 9.59 Å². The molecule has 9 nitrogen and oxygen atoms in total. The highest BCUT2D eigenvalue weighted by atomic mass is 35.5. The average Bonchev–Trinajstić information content (AvgIpc) is 3.20. The summed E-state index contributed by atoms with van der Waals surface area (Å²) in [7, 11) is 3.50. The van der Waals surface area contributed by atoms with Crippen LogP contribution in [-0.4, -0.2) is 77.5 Å². The molecule has 0 bridgehead atoms. The van der Waals surface area contributed by atoms with Gasteiger partial charge in [0.25, 0.3) is 11.8 Å². The molecule has 3 aliphatic heterocycles. The Kier molecular flexibility index (Phi) is 6.92. The summed E-state index contributed by atoms with van der Waals surface area (Å²) in [5, 5.41) is 3.78. The highest BCUT2D eigenvalue weighted by Gasteiger charge is 2.38. The normalized spacial score (nSPS) is 26.7. The van der Waals surface area contributed by atoms with Crippen LogP contribution in [-0.2, 0) is 14.3 Å². The number of likely N-dealkylation sites (tertiary alicyclic amines) is 1. The Morgan fingerprint density at radius 2 is 1.92 bits per heavy atom. The van der Waals surface area contributed by atoms with Crippen molar-refractivity contribution in [2.24, 2.45) is 11.8 Å². The summed E-state index contributed by atoms with van der Waals surface area (Å²) in [5.41, 5.74) is 0.822. The number of anilines is 2. The van der Waals surface area contributed by atoms with Gasteiger partial charge in [0, 0.05) is 51.8 Å². The van der Waals surface area contributed by atoms with Crippen LogP contribution in [0, 0.1) is 11.8 Å². The second-order valence-corrected chi connectivity index (χ2v) is 10.4. The number of ether oxygens (including phenoxy) is 1. The number of hydrogen-bond donors (Lipinski definition) is 1. The van der Waals surface area contributed by atoms with Crippen molar-refractivity contribution < 1.29 is 14.3 Å². The molecule has 1 aliphatic carbocycles. The number of piperidine rings is 1. The van der Waals surface area contributed by atoms with Gasteiger partial charge in [0.1, 0.15) is 5.02 Å². The number of halogens is 1. The van der Waals surface area contributed by atoms with Gasteiger partial charge in [-0.05, 0) is 30.9 Å². The maximum atomic E-state index is 12.9. The van der Waals surface area contributed by atoms with E-state index in [1.165, 1.54) is 6.42 Å². The fourth-order valence-corrected chi connectivity index (χ4v) is 5.42. The Hall–Kier alpha value is -3.07. The third-order valence-corrected chi connectivity index (χ3v) is 7.95. The van der Waals surface area contributed by atoms with Crippen molar-refractivity contribution in [3.05, 3.63) is 47.0 Å². The third-order valence-electron chi connectivity index (χ3n) is 7.68. The molecule has 1 N–H and O–H groups in total. The first-order valence-corrected chi connectivity index (χ1v) is 13.1. The maximum absolute atomic E-state index is 12.9. The van der Waals surface area contributed by atoms with Gasteiger partial charge >= 0.3 is 0 Å². The molecule has 0 spiro atoms. The highest BCUT2D eigenvalue weighted by Crippen LogP contribution is 2.32. The van der Waals surface area contributed by atoms with Crippen LogP contribution >= 0.6 is 11.6 Å². The molecule has 1 aromatic rings. The molecule has 0 saturated carbocycles. The molecule has 5 rings (SSSR count). The SMILES string of the molecule is CCC1CCN(c2ncc(Cl)c(NC3=CC4C=C(OC5CCN(C)C5=O)C(=O)N(C)C4C=C3)n2)CC1. The molecule has 2 fully saturated rings. The number of carbonyl (C=O) groups is 2. The van der Waals surface area contributed by atoms with Crippen molar-refractivity contribution in [2.75, 3.05) is 43.9 Å². The molecule has 0 aromatic carbocycles. The lowest BCUT2D eigenvalue weighted by Gasteiger charge is -2.37. The molecule has 0 radical (unpaired) electrons. The molecule has 4 aliphatic rings. The van der Waals surface area contributed by atoms with Gasteiger partial charge in [-0.15, -0.1) is 0 Å². The minimum atomic E-state index is -0.614. The lowest BCUT2D eigenvalue weighted by molar-refractivity contribution is -0.139. The largest absolute Gasteiger partial charge is 0.475 e. The standard InChI is InChI=1S/C26H33ClN6O3/c1-4-16-7-11-33(12-8-16)26-28-15-19(27)23(30-26)29-18-5-6-20-17(13-18)14-22(25(35)32(20)3)36-21-9-10-31(2)24(21)34/h5-6,13-17,20-21H,4,7-12H2,1-3H3,(H,28,29,30). The molecule has 2 amide bonds. The Labute approximate surface area is 216 Å². The molecule has 10 heteroatoms. The molecule has 36 heavy (non-hydrogen) atoms. The van der Waals surface area contributed by atoms with E-state index in [0.29, 0.717) is 29.8 Å². The molecule has 3 unspecified atom stereocenters. The van der Waals surface area contributed by atoms with E-state index >= 15 is 0 Å². The molecule has 4 heterocycles. The average molecular weight is 513 g/mol. The smallest absolute Gasteiger partial charge is 0.288 e. The van der Waals surface area contributed by atoms with Gasteiger partial charge in [0.2, 0.25) is 5.95 Å². The van der Waals surface area contributed by atoms with Crippen LogP contribution in [0.25, 0.3) is 0 Å². The van der Waals surface area contributed by atoms with Gasteiger partial charge in [0.05, 0.1) is 12.2 Å². The van der Waals surface area contributed by atoms with E-state index in [1.807, 2.05) is 24.3 Å². The van der Waals surface area contributed by atoms with Crippen LogP contribution in [0.2, 0.25) is 5.02 Å². The van der Waals surface area contributed by atoms with Crippen LogP contribution in [0.15, 0.2) is 42.0 Å². The summed E-state index contributed by atoms with van der Waals surface area (Å²) in [6.45, 7) is 4.76. The van der Waals surface area contributed by atoms with Crippen molar-refractivity contribution in [2.45, 2.75) is 44.8 Å². The second-order valence-electron chi connectivity index (χ2n) is 9.98. The Bertz CT molecular complexity index is 1130. The van der Waals surface area contributed by atoms with Crippen molar-refractivity contribution in [3.63, 3.8) is 0 Å². The molecule has 192 valence electrons. The minimum absolute atomic E-state index is 0.0944. The quantitative estimate of drug-likeness (QED) is 0.625. The van der Waals surface area contributed by atoms with Gasteiger partial charge in [-0.25, -0.2) is 4.98 Å². The molecule has 3 atom stereocenters. The zero-order valence-electron chi connectivity index (χ0n) is 21.0. The zero-order valence-corrected chi connectivity index (χ0v) is 21.7. The number of nitrogens with one attached hydrogen (secondary N) is 1. The lowest BCUT2D eigenvalue weighted by Crippen LogP contribution is -2.46. The third kappa shape index (κ3) is 4.81. The van der Waals surface area contributed by atoms with Crippen LogP contribution in [0.3, 0.4) is 0 Å². The van der Waals surface area contributed by atoms with E-state index in [4.69, 9.17) is 21.3 Å². The van der Waals surface area contributed by atoms with Crippen molar-refractivity contribution in [1.29, 1.82) is 0 Å². The van der Waals surface area contributed by atoms with E-state index in [2.05, 4.69) is 22.1 Å². The van der Waals surface area contributed by atoms with E-state index in [9.17, 15) is 9.59 Å². The molecule has 1 aromatic heterocycles. The van der Waals surface area contributed by atoms with Crippen LogP contribution < -0.4 is 10.2 Å². The van der Waals surface area contributed by atoms with E-state index in [1.54, 1.807) is 30.1 Å². The van der Waals surface area contributed by atoms with Gasteiger partial charge in [0.15, 0.2) is 17.7 Å². The minimum Gasteiger partial charge on any atom is -0.475 e. The summed E-state index contributed by atoms with van der Waals surface area (Å²) >= 11 is 6.45. The summed E-state index contributed by atoms with van der Waals surface area (Å²) in [6, 6.07) is -0.131. The van der Waals surface area contributed by atoms with Crippen molar-refractivity contribution in [3.8, 4) is 0 Å². The number of hydrogen-bond acceptors (Lipinski definition) is 7. The monoisotopic (exact) mass is 512 g/mol. The molecular formula is C26H33ClN6O3. The number of aromatic nitrogens is 2. The number of likely N-dealkylation sites (N-methyl/N-ethyl adjacent to an activating group) is 2. The number of amides is 2. The number of allylic oxidation sites excluding steroid dienone is 1. The number of fused-ring (bicyclic) bond motifs is 1. The van der Waals surface area contributed by atoms with E-state index in [0.717, 1.165) is 37.5 Å². The molecule has 2 saturated heterocycles. The number of nitrogens with zero attached hydrogens (tertiary/aromatic N) is 5. The van der Waals surface area contributed by atoms with E-state index < -0.39 is 6.10 Å². The summed E-state index contributed by atoms with van der Waals surface area (Å²) < 4.78 is 5.90. The lowest BCUT2D eigenvalue weighted by atomic mass is 9.89. The Morgan fingerprint density at radius 1 is 1.14 bits per heavy atom. The van der Waals surface area contributed by atoms with Crippen molar-refractivity contribution >= 4 is 35.2 Å². The highest BCUT2D eigenvalue weighted by molar-refractivity contribution is 6.32. The summed E-state index contributed by atoms with van der Waals surface area (Å²) in [6.07, 6.45) is 12.9. The number of carbonyl (C=O) groups excluding carboxylic acids is 2. The number of rotatable bonds is 6. The van der Waals surface area contributed by atoms with Crippen LogP contribution in [0.1, 0.15) is 32.6 Å². The first-order chi connectivity index (χ1) is 17.3. The fourth-order valence-electron chi connectivity index (χ4n) is 5.28. The first-order valence-electron chi connectivity index (χ1n) is 12.7. The fraction of sp³-hybridized carbons (Fsp3) is 0.538.